The van der Waals surface area contributed by atoms with Crippen LogP contribution in [0.3, 0.4) is 0 Å². The number of aliphatic hydroxyl groups is 1. The van der Waals surface area contributed by atoms with Gasteiger partial charge in [-0.1, -0.05) is 6.92 Å². The molecule has 22 heavy (non-hydrogen) atoms. The SMILES string of the molecule is CCCC(=O)OCCSC[C@H](N)C(=O)N[C@@H](CO)C(=O)OC. The van der Waals surface area contributed by atoms with Gasteiger partial charge < -0.3 is 25.6 Å². The Bertz CT molecular complexity index is 366. The van der Waals surface area contributed by atoms with Crippen LogP contribution in [-0.4, -0.2) is 66.9 Å². The molecule has 0 aliphatic rings. The van der Waals surface area contributed by atoms with E-state index in [1.807, 2.05) is 6.92 Å². The van der Waals surface area contributed by atoms with Crippen LogP contribution in [0.1, 0.15) is 19.8 Å². The van der Waals surface area contributed by atoms with Gasteiger partial charge in [0.1, 0.15) is 6.61 Å². The van der Waals surface area contributed by atoms with Gasteiger partial charge in [0.2, 0.25) is 5.91 Å². The fourth-order valence-corrected chi connectivity index (χ4v) is 2.15. The second-order valence-corrected chi connectivity index (χ2v) is 5.57. The van der Waals surface area contributed by atoms with Crippen molar-refractivity contribution in [3.63, 3.8) is 0 Å². The van der Waals surface area contributed by atoms with Crippen LogP contribution >= 0.6 is 11.8 Å². The van der Waals surface area contributed by atoms with Crippen molar-refractivity contribution >= 4 is 29.6 Å². The Kier molecular flexibility index (Phi) is 11.5. The molecule has 0 saturated carbocycles. The molecule has 0 aromatic carbocycles. The molecule has 0 heterocycles. The van der Waals surface area contributed by atoms with Crippen LogP contribution in [0.5, 0.6) is 0 Å². The molecule has 0 fully saturated rings. The van der Waals surface area contributed by atoms with Crippen LogP contribution < -0.4 is 11.1 Å². The van der Waals surface area contributed by atoms with Crippen LogP contribution in [0.25, 0.3) is 0 Å². The van der Waals surface area contributed by atoms with Gasteiger partial charge in [-0.25, -0.2) is 4.79 Å². The van der Waals surface area contributed by atoms with Crippen molar-refractivity contribution < 1.29 is 29.0 Å². The van der Waals surface area contributed by atoms with E-state index in [1.54, 1.807) is 0 Å². The quantitative estimate of drug-likeness (QED) is 0.325. The van der Waals surface area contributed by atoms with Gasteiger partial charge in [0.15, 0.2) is 6.04 Å². The number of rotatable bonds is 11. The van der Waals surface area contributed by atoms with Gasteiger partial charge in [0.25, 0.3) is 0 Å². The molecule has 0 aromatic heterocycles. The minimum Gasteiger partial charge on any atom is -0.467 e. The highest BCUT2D eigenvalue weighted by atomic mass is 32.2. The first-order chi connectivity index (χ1) is 10.5. The van der Waals surface area contributed by atoms with Crippen LogP contribution in [0.4, 0.5) is 0 Å². The Morgan fingerprint density at radius 2 is 2.05 bits per heavy atom. The lowest BCUT2D eigenvalue weighted by atomic mass is 10.2. The molecule has 0 rings (SSSR count). The largest absolute Gasteiger partial charge is 0.467 e. The summed E-state index contributed by atoms with van der Waals surface area (Å²) in [6.45, 7) is 1.59. The molecule has 0 aliphatic carbocycles. The second kappa shape index (κ2) is 12.2. The second-order valence-electron chi connectivity index (χ2n) is 4.42. The number of amides is 1. The standard InChI is InChI=1S/C13H24N2O6S/c1-3-4-11(17)21-5-6-22-8-9(14)12(18)15-10(7-16)13(19)20-2/h9-10,16H,3-8,14H2,1-2H3,(H,15,18)/t9-,10-/m0/s1. The van der Waals surface area contributed by atoms with Gasteiger partial charge in [-0.3, -0.25) is 9.59 Å². The number of nitrogens with one attached hydrogen (secondary N) is 1. The third-order valence-electron chi connectivity index (χ3n) is 2.56. The molecule has 8 nitrogen and oxygen atoms in total. The first kappa shape index (κ1) is 20.7. The smallest absolute Gasteiger partial charge is 0.330 e. The van der Waals surface area contributed by atoms with Crippen molar-refractivity contribution in [2.24, 2.45) is 5.73 Å². The van der Waals surface area contributed by atoms with Crippen molar-refractivity contribution in [1.29, 1.82) is 0 Å². The van der Waals surface area contributed by atoms with Crippen molar-refractivity contribution in [1.82, 2.24) is 5.32 Å². The van der Waals surface area contributed by atoms with Crippen LogP contribution in [-0.2, 0) is 23.9 Å². The Labute approximate surface area is 134 Å². The molecule has 0 radical (unpaired) electrons. The highest BCUT2D eigenvalue weighted by Crippen LogP contribution is 2.03. The highest BCUT2D eigenvalue weighted by Gasteiger charge is 2.23. The van der Waals surface area contributed by atoms with Crippen LogP contribution in [0.15, 0.2) is 0 Å². The topological polar surface area (TPSA) is 128 Å². The summed E-state index contributed by atoms with van der Waals surface area (Å²) in [5.41, 5.74) is 5.68. The predicted molar refractivity (Wildman–Crippen MR) is 82.2 cm³/mol. The van der Waals surface area contributed by atoms with Gasteiger partial charge in [0.05, 0.1) is 19.8 Å². The number of aliphatic hydroxyl groups excluding tert-OH is 1. The van der Waals surface area contributed by atoms with Crippen LogP contribution in [0.2, 0.25) is 0 Å². The van der Waals surface area contributed by atoms with Gasteiger partial charge in [0, 0.05) is 17.9 Å². The van der Waals surface area contributed by atoms with Crippen LogP contribution in [0, 0.1) is 0 Å². The molecular formula is C13H24N2O6S. The van der Waals surface area contributed by atoms with Crippen molar-refractivity contribution in [3.05, 3.63) is 0 Å². The van der Waals surface area contributed by atoms with Crippen molar-refractivity contribution in [2.45, 2.75) is 31.8 Å². The van der Waals surface area contributed by atoms with Crippen molar-refractivity contribution in [2.75, 3.05) is 31.8 Å². The Hall–Kier alpha value is -1.32. The monoisotopic (exact) mass is 336 g/mol. The third kappa shape index (κ3) is 8.85. The number of methoxy groups -OCH3 is 1. The molecule has 0 unspecified atom stereocenters. The lowest BCUT2D eigenvalue weighted by molar-refractivity contribution is -0.146. The predicted octanol–water partition coefficient (Wildman–Crippen LogP) is -0.960. The van der Waals surface area contributed by atoms with E-state index in [-0.39, 0.29) is 12.6 Å². The zero-order chi connectivity index (χ0) is 17.0. The minimum absolute atomic E-state index is 0.242. The number of thioether (sulfide) groups is 1. The first-order valence-electron chi connectivity index (χ1n) is 6.94. The summed E-state index contributed by atoms with van der Waals surface area (Å²) in [6.07, 6.45) is 1.13. The number of nitrogens with two attached hydrogens (primary N) is 1. The van der Waals surface area contributed by atoms with E-state index >= 15 is 0 Å². The minimum atomic E-state index is -1.12. The van der Waals surface area contributed by atoms with E-state index in [0.29, 0.717) is 17.9 Å². The zero-order valence-electron chi connectivity index (χ0n) is 12.9. The Morgan fingerprint density at radius 1 is 1.36 bits per heavy atom. The number of carbonyl (C=O) groups excluding carboxylic acids is 3. The molecule has 1 amide bonds. The van der Waals surface area contributed by atoms with Gasteiger partial charge in [-0.05, 0) is 6.42 Å². The summed E-state index contributed by atoms with van der Waals surface area (Å²) in [7, 11) is 1.16. The fourth-order valence-electron chi connectivity index (χ4n) is 1.38. The molecule has 0 spiro atoms. The van der Waals surface area contributed by atoms with E-state index in [2.05, 4.69) is 10.1 Å². The van der Waals surface area contributed by atoms with Gasteiger partial charge in [-0.15, -0.1) is 0 Å². The van der Waals surface area contributed by atoms with Gasteiger partial charge in [-0.2, -0.15) is 11.8 Å². The first-order valence-corrected chi connectivity index (χ1v) is 8.09. The maximum atomic E-state index is 11.7. The summed E-state index contributed by atoms with van der Waals surface area (Å²) < 4.78 is 9.39. The Morgan fingerprint density at radius 3 is 2.59 bits per heavy atom. The maximum absolute atomic E-state index is 11.7. The number of esters is 2. The summed E-state index contributed by atoms with van der Waals surface area (Å²) in [5.74, 6) is -0.708. The summed E-state index contributed by atoms with van der Waals surface area (Å²) >= 11 is 1.36. The molecule has 0 bridgehead atoms. The van der Waals surface area contributed by atoms with Crippen molar-refractivity contribution in [3.8, 4) is 0 Å². The summed E-state index contributed by atoms with van der Waals surface area (Å²) in [4.78, 5) is 34.1. The molecule has 2 atom stereocenters. The molecule has 0 aliphatic heterocycles. The van der Waals surface area contributed by atoms with Gasteiger partial charge >= 0.3 is 11.9 Å². The normalized spacial score (nSPS) is 13.1. The van der Waals surface area contributed by atoms with E-state index in [4.69, 9.17) is 15.6 Å². The summed E-state index contributed by atoms with van der Waals surface area (Å²) in [6, 6.07) is -1.96. The zero-order valence-corrected chi connectivity index (χ0v) is 13.7. The number of ether oxygens (including phenoxy) is 2. The number of hydrogen-bond acceptors (Lipinski definition) is 8. The molecule has 4 N–H and O–H groups in total. The van der Waals surface area contributed by atoms with E-state index in [1.165, 1.54) is 11.8 Å². The molecule has 0 saturated heterocycles. The molecule has 9 heteroatoms. The lowest BCUT2D eigenvalue weighted by Gasteiger charge is -2.17. The number of carbonyl (C=O) groups is 3. The summed E-state index contributed by atoms with van der Waals surface area (Å²) in [5, 5.41) is 11.3. The highest BCUT2D eigenvalue weighted by molar-refractivity contribution is 7.99. The number of hydrogen-bond donors (Lipinski definition) is 3. The average Bonchev–Trinajstić information content (AvgIpc) is 2.51. The van der Waals surface area contributed by atoms with E-state index in [0.717, 1.165) is 13.5 Å². The third-order valence-corrected chi connectivity index (χ3v) is 3.61. The van der Waals surface area contributed by atoms with E-state index in [9.17, 15) is 14.4 Å². The Balaban J connectivity index is 3.91. The average molecular weight is 336 g/mol. The molecule has 0 aromatic rings. The molecule has 128 valence electrons. The molecular weight excluding hydrogens is 312 g/mol. The maximum Gasteiger partial charge on any atom is 0.330 e. The fraction of sp³-hybridized carbons (Fsp3) is 0.769. The van der Waals surface area contributed by atoms with E-state index < -0.39 is 30.6 Å². The lowest BCUT2D eigenvalue weighted by Crippen LogP contribution is -2.51.